The molecule has 1 aliphatic carbocycles. The third-order valence-electron chi connectivity index (χ3n) is 4.41. The van der Waals surface area contributed by atoms with Gasteiger partial charge in [0, 0.05) is 11.3 Å². The highest BCUT2D eigenvalue weighted by Gasteiger charge is 2.33. The molecule has 0 heterocycles. The molecule has 126 valence electrons. The molecule has 5 N–H and O–H groups in total. The number of hydrogen-bond donors (Lipinski definition) is 3. The second-order valence-electron chi connectivity index (χ2n) is 6.24. The molecule has 0 aromatic heterocycles. The first-order chi connectivity index (χ1) is 11.0. The second kappa shape index (κ2) is 8.36. The summed E-state index contributed by atoms with van der Waals surface area (Å²) in [5.41, 5.74) is 11.8. The van der Waals surface area contributed by atoms with Crippen molar-refractivity contribution in [2.24, 2.45) is 16.9 Å². The van der Waals surface area contributed by atoms with E-state index in [0.29, 0.717) is 13.0 Å². The van der Waals surface area contributed by atoms with Gasteiger partial charge in [0.2, 0.25) is 11.8 Å². The minimum atomic E-state index is -0.375. The minimum Gasteiger partial charge on any atom is -0.369 e. The summed E-state index contributed by atoms with van der Waals surface area (Å²) in [7, 11) is 0. The van der Waals surface area contributed by atoms with E-state index in [0.717, 1.165) is 36.3 Å². The highest BCUT2D eigenvalue weighted by molar-refractivity contribution is 8.00. The van der Waals surface area contributed by atoms with E-state index in [9.17, 15) is 9.59 Å². The summed E-state index contributed by atoms with van der Waals surface area (Å²) < 4.78 is 0. The van der Waals surface area contributed by atoms with Gasteiger partial charge in [0.05, 0.1) is 11.4 Å². The zero-order chi connectivity index (χ0) is 16.7. The number of anilines is 1. The normalized spacial score (nSPS) is 16.7. The van der Waals surface area contributed by atoms with Crippen molar-refractivity contribution < 1.29 is 9.59 Å². The quantitative estimate of drug-likeness (QED) is 0.667. The van der Waals surface area contributed by atoms with Crippen molar-refractivity contribution in [1.29, 1.82) is 0 Å². The van der Waals surface area contributed by atoms with Crippen LogP contribution in [0.2, 0.25) is 0 Å². The highest BCUT2D eigenvalue weighted by atomic mass is 32.2. The Morgan fingerprint density at radius 2 is 1.87 bits per heavy atom. The average molecular weight is 335 g/mol. The molecule has 0 saturated heterocycles. The number of thioether (sulfide) groups is 1. The highest BCUT2D eigenvalue weighted by Crippen LogP contribution is 2.38. The van der Waals surface area contributed by atoms with Crippen LogP contribution in [-0.2, 0) is 9.59 Å². The van der Waals surface area contributed by atoms with Crippen molar-refractivity contribution in [1.82, 2.24) is 0 Å². The molecular formula is C17H25N3O2S. The lowest BCUT2D eigenvalue weighted by Crippen LogP contribution is -2.36. The maximum Gasteiger partial charge on any atom is 0.227 e. The molecular weight excluding hydrogens is 310 g/mol. The zero-order valence-electron chi connectivity index (χ0n) is 13.3. The van der Waals surface area contributed by atoms with Gasteiger partial charge in [0.1, 0.15) is 0 Å². The Kier molecular flexibility index (Phi) is 6.47. The molecule has 1 aliphatic rings. The number of primary amides is 1. The lowest BCUT2D eigenvalue weighted by molar-refractivity contribution is -0.119. The first-order valence-electron chi connectivity index (χ1n) is 8.05. The monoisotopic (exact) mass is 335 g/mol. The van der Waals surface area contributed by atoms with Crippen LogP contribution in [0.3, 0.4) is 0 Å². The van der Waals surface area contributed by atoms with Crippen LogP contribution in [0, 0.1) is 5.41 Å². The SMILES string of the molecule is NCC1(CC(=O)Nc2ccccc2SCC(N)=O)CCCCC1. The molecule has 5 nitrogen and oxygen atoms in total. The van der Waals surface area contributed by atoms with Crippen molar-refractivity contribution in [3.63, 3.8) is 0 Å². The van der Waals surface area contributed by atoms with E-state index >= 15 is 0 Å². The first-order valence-corrected chi connectivity index (χ1v) is 9.03. The molecule has 0 radical (unpaired) electrons. The second-order valence-corrected chi connectivity index (χ2v) is 7.26. The van der Waals surface area contributed by atoms with Crippen LogP contribution in [0.15, 0.2) is 29.2 Å². The molecule has 6 heteroatoms. The van der Waals surface area contributed by atoms with E-state index in [1.54, 1.807) is 0 Å². The van der Waals surface area contributed by atoms with Gasteiger partial charge >= 0.3 is 0 Å². The molecule has 0 bridgehead atoms. The van der Waals surface area contributed by atoms with Gasteiger partial charge in [-0.25, -0.2) is 0 Å². The van der Waals surface area contributed by atoms with Crippen molar-refractivity contribution in [3.05, 3.63) is 24.3 Å². The number of nitrogens with two attached hydrogens (primary N) is 2. The molecule has 1 fully saturated rings. The zero-order valence-corrected chi connectivity index (χ0v) is 14.2. The van der Waals surface area contributed by atoms with Gasteiger partial charge in [-0.05, 0) is 36.9 Å². The fourth-order valence-electron chi connectivity index (χ4n) is 3.13. The van der Waals surface area contributed by atoms with E-state index < -0.39 is 0 Å². The van der Waals surface area contributed by atoms with Gasteiger partial charge in [-0.15, -0.1) is 11.8 Å². The number of para-hydroxylation sites is 1. The summed E-state index contributed by atoms with van der Waals surface area (Å²) in [5, 5.41) is 2.97. The Balaban J connectivity index is 2.00. The summed E-state index contributed by atoms with van der Waals surface area (Å²) >= 11 is 1.33. The Morgan fingerprint density at radius 1 is 1.17 bits per heavy atom. The van der Waals surface area contributed by atoms with Gasteiger partial charge in [-0.1, -0.05) is 31.4 Å². The standard InChI is InChI=1S/C17H25N3O2S/c18-12-17(8-4-1-5-9-17)10-16(22)20-13-6-2-3-7-14(13)23-11-15(19)21/h2-3,6-7H,1,4-5,8-12,18H2,(H2,19,21)(H,20,22). The van der Waals surface area contributed by atoms with Crippen LogP contribution < -0.4 is 16.8 Å². The Morgan fingerprint density at radius 3 is 2.52 bits per heavy atom. The summed E-state index contributed by atoms with van der Waals surface area (Å²) in [4.78, 5) is 24.3. The molecule has 0 unspecified atom stereocenters. The number of benzene rings is 1. The number of amides is 2. The Labute approximate surface area is 141 Å². The van der Waals surface area contributed by atoms with Crippen molar-refractivity contribution in [3.8, 4) is 0 Å². The number of nitrogens with one attached hydrogen (secondary N) is 1. The van der Waals surface area contributed by atoms with Crippen LogP contribution in [0.4, 0.5) is 5.69 Å². The van der Waals surface area contributed by atoms with E-state index in [-0.39, 0.29) is 23.0 Å². The predicted octanol–water partition coefficient (Wildman–Crippen LogP) is 2.50. The van der Waals surface area contributed by atoms with Gasteiger partial charge in [0.15, 0.2) is 0 Å². The van der Waals surface area contributed by atoms with Crippen molar-refractivity contribution >= 4 is 29.3 Å². The Hall–Kier alpha value is -1.53. The third kappa shape index (κ3) is 5.25. The lowest BCUT2D eigenvalue weighted by atomic mass is 9.71. The molecule has 0 atom stereocenters. The summed E-state index contributed by atoms with van der Waals surface area (Å²) in [5.74, 6) is -0.190. The van der Waals surface area contributed by atoms with Crippen LogP contribution >= 0.6 is 11.8 Å². The molecule has 1 saturated carbocycles. The number of hydrogen-bond acceptors (Lipinski definition) is 4. The molecule has 2 rings (SSSR count). The van der Waals surface area contributed by atoms with E-state index in [2.05, 4.69) is 5.32 Å². The predicted molar refractivity (Wildman–Crippen MR) is 94.2 cm³/mol. The van der Waals surface area contributed by atoms with Crippen LogP contribution in [-0.4, -0.2) is 24.1 Å². The van der Waals surface area contributed by atoms with Gasteiger partial charge in [-0.3, -0.25) is 9.59 Å². The van der Waals surface area contributed by atoms with Crippen LogP contribution in [0.5, 0.6) is 0 Å². The summed E-state index contributed by atoms with van der Waals surface area (Å²) in [6, 6.07) is 7.46. The molecule has 1 aromatic carbocycles. The van der Waals surface area contributed by atoms with E-state index in [4.69, 9.17) is 11.5 Å². The molecule has 0 spiro atoms. The summed E-state index contributed by atoms with van der Waals surface area (Å²) in [6.07, 6.45) is 6.03. The minimum absolute atomic E-state index is 0.00975. The smallest absolute Gasteiger partial charge is 0.227 e. The molecule has 0 aliphatic heterocycles. The van der Waals surface area contributed by atoms with Crippen molar-refractivity contribution in [2.45, 2.75) is 43.4 Å². The number of carbonyl (C=O) groups is 2. The molecule has 2 amide bonds. The van der Waals surface area contributed by atoms with Crippen molar-refractivity contribution in [2.75, 3.05) is 17.6 Å². The van der Waals surface area contributed by atoms with E-state index in [1.807, 2.05) is 24.3 Å². The number of rotatable bonds is 7. The van der Waals surface area contributed by atoms with Gasteiger partial charge < -0.3 is 16.8 Å². The largest absolute Gasteiger partial charge is 0.369 e. The van der Waals surface area contributed by atoms with Gasteiger partial charge in [0.25, 0.3) is 0 Å². The molecule has 1 aromatic rings. The maximum atomic E-state index is 12.5. The topological polar surface area (TPSA) is 98.2 Å². The average Bonchev–Trinajstić information content (AvgIpc) is 2.54. The fourth-order valence-corrected chi connectivity index (χ4v) is 3.88. The number of carbonyl (C=O) groups excluding carboxylic acids is 2. The summed E-state index contributed by atoms with van der Waals surface area (Å²) in [6.45, 7) is 0.554. The lowest BCUT2D eigenvalue weighted by Gasteiger charge is -2.35. The third-order valence-corrected chi connectivity index (χ3v) is 5.51. The van der Waals surface area contributed by atoms with Gasteiger partial charge in [-0.2, -0.15) is 0 Å². The fraction of sp³-hybridized carbons (Fsp3) is 0.529. The van der Waals surface area contributed by atoms with Crippen LogP contribution in [0.25, 0.3) is 0 Å². The Bertz CT molecular complexity index is 557. The van der Waals surface area contributed by atoms with Crippen LogP contribution in [0.1, 0.15) is 38.5 Å². The first kappa shape index (κ1) is 17.8. The molecule has 23 heavy (non-hydrogen) atoms. The maximum absolute atomic E-state index is 12.5. The van der Waals surface area contributed by atoms with E-state index in [1.165, 1.54) is 18.2 Å².